The summed E-state index contributed by atoms with van der Waals surface area (Å²) in [5.74, 6) is 5.47. The van der Waals surface area contributed by atoms with E-state index >= 15 is 0 Å². The Hall–Kier alpha value is -6.12. The number of nitrogen functional groups attached to an aromatic ring is 1. The molecule has 0 saturated carbocycles. The van der Waals surface area contributed by atoms with Crippen molar-refractivity contribution in [3.05, 3.63) is 145 Å². The number of anilines is 2. The number of aliphatic hydroxyl groups is 1. The summed E-state index contributed by atoms with van der Waals surface area (Å²) in [7, 11) is -14.2. The van der Waals surface area contributed by atoms with E-state index in [-0.39, 0.29) is 76.2 Å². The summed E-state index contributed by atoms with van der Waals surface area (Å²) in [4.78, 5) is 81.8. The third-order valence-corrected chi connectivity index (χ3v) is 20.9. The van der Waals surface area contributed by atoms with Crippen LogP contribution in [0.4, 0.5) is 22.9 Å². The predicted octanol–water partition coefficient (Wildman–Crippen LogP) is 8.32. The largest absolute Gasteiger partial charge is 0.495 e. The quantitative estimate of drug-likeness (QED) is 0.00428. The number of carbonyl (C=O) groups is 1. The Balaban J connectivity index is 0.943. The minimum absolute atomic E-state index is 0.0547. The van der Waals surface area contributed by atoms with Crippen molar-refractivity contribution in [1.82, 2.24) is 14.9 Å². The molecule has 3 aromatic carbocycles. The van der Waals surface area contributed by atoms with Crippen molar-refractivity contribution in [2.45, 2.75) is 134 Å². The van der Waals surface area contributed by atoms with Gasteiger partial charge < -0.3 is 59.4 Å². The van der Waals surface area contributed by atoms with Gasteiger partial charge in [-0.15, -0.1) is 0 Å². The molecule has 1 fully saturated rings. The molecule has 9 N–H and O–H groups in total. The molecular weight excluding hydrogens is 1270 g/mol. The lowest BCUT2D eigenvalue weighted by Gasteiger charge is -2.31. The Morgan fingerprint density at radius 3 is 2.40 bits per heavy atom. The zero-order chi connectivity index (χ0) is 66.5. The summed E-state index contributed by atoms with van der Waals surface area (Å²) in [5, 5.41) is 26.3. The molecule has 3 aliphatic rings. The van der Waals surface area contributed by atoms with Crippen LogP contribution in [0.15, 0.2) is 107 Å². The summed E-state index contributed by atoms with van der Waals surface area (Å²) >= 11 is 4.63. The average molecular weight is 1350 g/mol. The van der Waals surface area contributed by atoms with Gasteiger partial charge in [0.15, 0.2) is 5.71 Å². The first-order valence-corrected chi connectivity index (χ1v) is 35.4. The summed E-state index contributed by atoms with van der Waals surface area (Å²) in [6.07, 6.45) is 8.50. The van der Waals surface area contributed by atoms with Crippen molar-refractivity contribution >= 4 is 78.8 Å². The fourth-order valence-electron chi connectivity index (χ4n) is 11.0. The van der Waals surface area contributed by atoms with Gasteiger partial charge in [0.1, 0.15) is 30.4 Å². The summed E-state index contributed by atoms with van der Waals surface area (Å²) in [6, 6.07) is 15.7. The van der Waals surface area contributed by atoms with Gasteiger partial charge in [-0.05, 0) is 86.7 Å². The Bertz CT molecular complexity index is 3940. The number of fused-ring (bicyclic) bond motifs is 2. The van der Waals surface area contributed by atoms with Gasteiger partial charge in [0.25, 0.3) is 15.8 Å². The van der Waals surface area contributed by atoms with Gasteiger partial charge in [-0.2, -0.15) is 22.3 Å². The van der Waals surface area contributed by atoms with Crippen LogP contribution in [0.2, 0.25) is 0 Å². The number of benzene rings is 3. The van der Waals surface area contributed by atoms with Gasteiger partial charge in [0.05, 0.1) is 65.4 Å². The maximum absolute atomic E-state index is 13.1. The van der Waals surface area contributed by atoms with E-state index in [2.05, 4.69) is 84.1 Å². The monoisotopic (exact) mass is 1350 g/mol. The number of hydrogen-bond acceptors (Lipinski definition) is 19. The number of amides is 1. The van der Waals surface area contributed by atoms with E-state index in [1.54, 1.807) is 32.9 Å². The lowest BCUT2D eigenvalue weighted by Crippen LogP contribution is -2.30. The van der Waals surface area contributed by atoms with Gasteiger partial charge in [0, 0.05) is 71.7 Å². The molecule has 27 nitrogen and oxygen atoms in total. The molecule has 1 aromatic heterocycles. The van der Waals surface area contributed by atoms with Crippen LogP contribution >= 0.6 is 22.4 Å². The van der Waals surface area contributed by atoms with Gasteiger partial charge in [0.2, 0.25) is 11.6 Å². The molecule has 2 unspecified atom stereocenters. The molecule has 4 aromatic rings. The van der Waals surface area contributed by atoms with Crippen LogP contribution in [-0.2, 0) is 75.9 Å². The second-order valence-electron chi connectivity index (χ2n) is 23.5. The number of hydrogen-bond donors (Lipinski definition) is 8. The summed E-state index contributed by atoms with van der Waals surface area (Å²) in [5.41, 5.74) is 9.78. The standard InChI is InChI=1S/C58H74N7O20P3S2/c1-10-62-44-27-26-39(90(77,78)79)31-42(44)58(7,8)49(62)23-13-11-14-24-50-57(5,6)41-21-16-17-22-43(41)63(50)29-18-12-15-25-51(67)60-28-19-20-37-30-45(65(69)70)40(32-47(37)80-9)53(56(2,3)4)81-35-38-34-64(55(68)61-54(38)59)52-33-46(66)48(83-52)36-82-88(76,89)85-87(74,75)84-86(71,72)73/h11,13-14,16-17,21-24,26-27,30-32,34,46,48,52-53,66H,10,12,15,18,25,28-29,33,35-36H2,1-9H3,(H7-,59,60,61,67,68,71,72,73,74,75,76,77,78,79,89)/p+1/t46-,48-,52-,53-,88?/m1/s1. The molecule has 0 bridgehead atoms. The highest BCUT2D eigenvalue weighted by Crippen LogP contribution is 2.66. The third kappa shape index (κ3) is 17.3. The van der Waals surface area contributed by atoms with E-state index in [0.717, 1.165) is 45.8 Å². The smallest absolute Gasteiger partial charge is 0.488 e. The molecule has 488 valence electrons. The van der Waals surface area contributed by atoms with Gasteiger partial charge in [-0.1, -0.05) is 89.3 Å². The van der Waals surface area contributed by atoms with Crippen LogP contribution in [0.5, 0.6) is 5.75 Å². The number of unbranched alkanes of at least 4 members (excludes halogenated alkanes) is 2. The Kier molecular flexibility index (Phi) is 22.5. The highest BCUT2D eigenvalue weighted by Gasteiger charge is 2.46. The Labute approximate surface area is 526 Å². The fourth-order valence-corrected chi connectivity index (χ4v) is 15.5. The number of nitrogens with two attached hydrogens (primary N) is 1. The number of ether oxygens (including phenoxy) is 3. The number of rotatable bonds is 26. The van der Waals surface area contributed by atoms with E-state index in [9.17, 15) is 56.7 Å². The maximum atomic E-state index is 13.1. The first-order chi connectivity index (χ1) is 41.9. The van der Waals surface area contributed by atoms with Crippen molar-refractivity contribution < 1.29 is 88.4 Å². The highest BCUT2D eigenvalue weighted by atomic mass is 32.5. The van der Waals surface area contributed by atoms with Gasteiger partial charge >= 0.3 is 28.1 Å². The number of nitrogens with one attached hydrogen (secondary N) is 1. The average Bonchev–Trinajstić information content (AvgIpc) is 1.74. The molecule has 0 radical (unpaired) electrons. The zero-order valence-electron chi connectivity index (χ0n) is 50.9. The molecule has 0 aliphatic carbocycles. The molecule has 1 saturated heterocycles. The number of para-hydroxylation sites is 1. The fraction of sp³-hybridized carbons (Fsp3) is 0.448. The Morgan fingerprint density at radius 1 is 1.03 bits per heavy atom. The van der Waals surface area contributed by atoms with E-state index in [1.165, 1.54) is 37.1 Å². The van der Waals surface area contributed by atoms with Crippen molar-refractivity contribution in [2.24, 2.45) is 5.41 Å². The molecular formula is C58H75N7O20P3S2+. The van der Waals surface area contributed by atoms with Crippen LogP contribution in [-0.4, -0.2) is 114 Å². The number of methoxy groups -OCH3 is 1. The molecule has 7 rings (SSSR count). The molecule has 3 aliphatic heterocycles. The van der Waals surface area contributed by atoms with Gasteiger partial charge in [-0.25, -0.2) is 18.2 Å². The number of aliphatic hydroxyl groups excluding tert-OH is 1. The number of nitro benzene ring substituents is 1. The lowest BCUT2D eigenvalue weighted by atomic mass is 9.81. The normalized spacial score (nSPS) is 20.2. The maximum Gasteiger partial charge on any atom is 0.488 e. The van der Waals surface area contributed by atoms with Crippen molar-refractivity contribution in [3.8, 4) is 17.6 Å². The zero-order valence-corrected chi connectivity index (χ0v) is 55.2. The molecule has 6 atom stereocenters. The van der Waals surface area contributed by atoms with E-state index < -0.39 is 85.1 Å². The summed E-state index contributed by atoms with van der Waals surface area (Å²) < 4.78 is 90.3. The lowest BCUT2D eigenvalue weighted by molar-refractivity contribution is -0.433. The Morgan fingerprint density at radius 2 is 1.74 bits per heavy atom. The highest BCUT2D eigenvalue weighted by molar-refractivity contribution is 8.08. The minimum atomic E-state index is -5.63. The topological polar surface area (TPSA) is 384 Å². The first kappa shape index (κ1) is 71.3. The second kappa shape index (κ2) is 28.4. The number of allylic oxidation sites excluding steroid dienone is 6. The summed E-state index contributed by atoms with van der Waals surface area (Å²) in [6.45, 7) is 11.2. The number of nitro groups is 1. The second-order valence-corrected chi connectivity index (χ2v) is 30.7. The van der Waals surface area contributed by atoms with Crippen molar-refractivity contribution in [1.29, 1.82) is 0 Å². The van der Waals surface area contributed by atoms with Crippen molar-refractivity contribution in [3.63, 3.8) is 0 Å². The molecule has 0 spiro atoms. The van der Waals surface area contributed by atoms with E-state index in [1.807, 2.05) is 57.2 Å². The van der Waals surface area contributed by atoms with Crippen LogP contribution in [0.3, 0.4) is 0 Å². The molecule has 4 heterocycles. The minimum Gasteiger partial charge on any atom is -0.495 e. The number of nitrogens with zero attached hydrogens (tertiary/aromatic N) is 5. The first-order valence-electron chi connectivity index (χ1n) is 28.3. The van der Waals surface area contributed by atoms with Crippen LogP contribution < -0.4 is 26.4 Å². The van der Waals surface area contributed by atoms with E-state index in [0.29, 0.717) is 19.5 Å². The van der Waals surface area contributed by atoms with Gasteiger partial charge in [-0.3, -0.25) is 24.0 Å². The number of phosphoric acid groups is 2. The predicted molar refractivity (Wildman–Crippen MR) is 337 cm³/mol. The van der Waals surface area contributed by atoms with Crippen LogP contribution in [0.25, 0.3) is 0 Å². The van der Waals surface area contributed by atoms with Crippen molar-refractivity contribution in [2.75, 3.05) is 44.0 Å². The number of aromatic nitrogens is 2. The number of carbonyl (C=O) groups excluding carboxylic acids is 1. The van der Waals surface area contributed by atoms with E-state index in [4.69, 9.17) is 34.3 Å². The van der Waals surface area contributed by atoms with Crippen LogP contribution in [0, 0.1) is 27.4 Å². The molecule has 90 heavy (non-hydrogen) atoms. The van der Waals surface area contributed by atoms with Crippen LogP contribution in [0.1, 0.15) is 128 Å². The SMILES string of the molecule is CC[N+]1=C(/C=C/C=C/C=C2/N(CCCCCC(=O)NCC#Cc3cc([N+](=O)[O-])c([C@@H](OCc4cn([C@H]5C[C@@H](O)[C@@H](COP(O)(=S)OP(=O)(O)OP(=O)(O)O)O5)c(=O)nc4N)C(C)(C)C)cc3OC)c3ccccc3C2(C)C)C(C)(C)c2cc(S(=O)(=O)O)ccc21. The third-order valence-electron chi connectivity index (χ3n) is 15.3. The molecule has 32 heteroatoms. The molecule has 1 amide bonds.